The molecule has 0 radical (unpaired) electrons. The number of aryl methyl sites for hydroxylation is 2. The summed E-state index contributed by atoms with van der Waals surface area (Å²) in [6, 6.07) is 10.9. The van der Waals surface area contributed by atoms with Crippen molar-refractivity contribution in [3.05, 3.63) is 65.1 Å². The highest BCUT2D eigenvalue weighted by atomic mass is 16.6. The van der Waals surface area contributed by atoms with Crippen LogP contribution in [0.3, 0.4) is 0 Å². The number of rotatable bonds is 8. The normalized spacial score (nSPS) is 21.7. The fourth-order valence-electron chi connectivity index (χ4n) is 8.23. The lowest BCUT2D eigenvalue weighted by Crippen LogP contribution is -2.51. The number of imidazole rings is 1. The summed E-state index contributed by atoms with van der Waals surface area (Å²) in [5, 5.41) is 2.46. The van der Waals surface area contributed by atoms with Crippen molar-refractivity contribution in [2.75, 3.05) is 26.8 Å². The largest absolute Gasteiger partial charge is 0.456 e. The maximum atomic E-state index is 13.3. The lowest BCUT2D eigenvalue weighted by atomic mass is 9.83. The first-order valence-corrected chi connectivity index (χ1v) is 18.0. The molecule has 4 atom stereocenters. The van der Waals surface area contributed by atoms with Gasteiger partial charge in [-0.25, -0.2) is 19.4 Å². The molecule has 7 rings (SSSR count). The number of carbonyl (C=O) groups is 5. The Bertz CT molecular complexity index is 1910. The van der Waals surface area contributed by atoms with Crippen LogP contribution >= 0.6 is 0 Å². The Morgan fingerprint density at radius 3 is 2.48 bits per heavy atom. The van der Waals surface area contributed by atoms with Gasteiger partial charge in [0.05, 0.1) is 25.0 Å². The Morgan fingerprint density at radius 1 is 0.981 bits per heavy atom. The number of H-pyrrole nitrogens is 1. The molecule has 274 valence electrons. The molecule has 2 saturated heterocycles. The summed E-state index contributed by atoms with van der Waals surface area (Å²) < 4.78 is 15.7. The summed E-state index contributed by atoms with van der Waals surface area (Å²) in [4.78, 5) is 75.0. The number of aromatic amines is 1. The number of methoxy groups -OCH3 is 1. The lowest BCUT2D eigenvalue weighted by molar-refractivity contribution is -0.150. The third kappa shape index (κ3) is 7.00. The average molecular weight is 712 g/mol. The molecule has 1 aromatic heterocycles. The molecule has 3 heterocycles. The number of carbonyl (C=O) groups excluding carboxylic acids is 5. The van der Waals surface area contributed by atoms with E-state index in [9.17, 15) is 24.0 Å². The molecule has 52 heavy (non-hydrogen) atoms. The second-order valence-corrected chi connectivity index (χ2v) is 15.1. The number of Topliss-reactive ketones (excluding diaryl/α,β-unsaturated/α-hetero) is 1. The summed E-state index contributed by atoms with van der Waals surface area (Å²) >= 11 is 0. The zero-order chi connectivity index (χ0) is 36.7. The Balaban J connectivity index is 0.992. The van der Waals surface area contributed by atoms with Gasteiger partial charge in [0.15, 0.2) is 12.4 Å². The van der Waals surface area contributed by atoms with Crippen LogP contribution in [0.25, 0.3) is 22.4 Å². The molecular formula is C39H45N5O8. The maximum absolute atomic E-state index is 13.3. The molecule has 2 aliphatic heterocycles. The fourth-order valence-corrected chi connectivity index (χ4v) is 8.23. The molecule has 0 spiro atoms. The van der Waals surface area contributed by atoms with E-state index >= 15 is 0 Å². The minimum absolute atomic E-state index is 0.0104. The van der Waals surface area contributed by atoms with E-state index in [1.807, 2.05) is 18.2 Å². The number of hydrogen-bond acceptors (Lipinski definition) is 9. The molecule has 13 nitrogen and oxygen atoms in total. The number of nitrogens with one attached hydrogen (secondary N) is 2. The van der Waals surface area contributed by atoms with Gasteiger partial charge in [-0.2, -0.15) is 0 Å². The van der Waals surface area contributed by atoms with E-state index < -0.39 is 36.4 Å². The molecule has 3 aromatic rings. The van der Waals surface area contributed by atoms with Gasteiger partial charge in [-0.05, 0) is 112 Å². The molecule has 2 aliphatic carbocycles. The van der Waals surface area contributed by atoms with Crippen molar-refractivity contribution in [2.45, 2.75) is 89.4 Å². The predicted octanol–water partition coefficient (Wildman–Crippen LogP) is 5.38. The molecule has 2 N–H and O–H groups in total. The van der Waals surface area contributed by atoms with E-state index in [0.717, 1.165) is 72.9 Å². The number of ether oxygens (including phenoxy) is 3. The first kappa shape index (κ1) is 35.2. The van der Waals surface area contributed by atoms with Gasteiger partial charge in [-0.15, -0.1) is 0 Å². The van der Waals surface area contributed by atoms with Crippen LogP contribution in [0.15, 0.2) is 42.6 Å². The molecule has 4 aliphatic rings. The van der Waals surface area contributed by atoms with Crippen LogP contribution in [-0.4, -0.2) is 94.1 Å². The van der Waals surface area contributed by atoms with E-state index in [4.69, 9.17) is 9.47 Å². The summed E-state index contributed by atoms with van der Waals surface area (Å²) in [5.74, 6) is -0.314. The van der Waals surface area contributed by atoms with Crippen LogP contribution in [0.4, 0.5) is 9.59 Å². The number of fused-ring (bicyclic) bond motifs is 5. The number of esters is 1. The average Bonchev–Trinajstić information content (AvgIpc) is 3.96. The van der Waals surface area contributed by atoms with Crippen molar-refractivity contribution in [1.82, 2.24) is 25.1 Å². The summed E-state index contributed by atoms with van der Waals surface area (Å²) in [6.45, 7) is 5.45. The molecule has 0 unspecified atom stereocenters. The second-order valence-electron chi connectivity index (χ2n) is 15.1. The smallest absolute Gasteiger partial charge is 0.411 e. The number of piperidine rings is 1. The van der Waals surface area contributed by atoms with Gasteiger partial charge in [-0.3, -0.25) is 14.5 Å². The van der Waals surface area contributed by atoms with E-state index in [1.165, 1.54) is 17.6 Å². The minimum atomic E-state index is -0.733. The van der Waals surface area contributed by atoms with Gasteiger partial charge in [0.2, 0.25) is 5.91 Å². The maximum Gasteiger partial charge on any atom is 0.411 e. The van der Waals surface area contributed by atoms with Gasteiger partial charge < -0.3 is 29.4 Å². The van der Waals surface area contributed by atoms with Gasteiger partial charge >= 0.3 is 18.2 Å². The number of benzene rings is 2. The van der Waals surface area contributed by atoms with Crippen LogP contribution in [0.5, 0.6) is 0 Å². The third-order valence-corrected chi connectivity index (χ3v) is 10.6. The van der Waals surface area contributed by atoms with Crippen LogP contribution in [0.1, 0.15) is 86.2 Å². The highest BCUT2D eigenvalue weighted by Gasteiger charge is 2.53. The highest BCUT2D eigenvalue weighted by Crippen LogP contribution is 2.44. The fraction of sp³-hybridized carbons (Fsp3) is 0.487. The summed E-state index contributed by atoms with van der Waals surface area (Å²) in [7, 11) is 1.26. The van der Waals surface area contributed by atoms with Crippen LogP contribution < -0.4 is 5.32 Å². The van der Waals surface area contributed by atoms with Crippen LogP contribution in [-0.2, 0) is 36.6 Å². The van der Waals surface area contributed by atoms with Crippen LogP contribution in [0.2, 0.25) is 0 Å². The topological polar surface area (TPSA) is 160 Å². The van der Waals surface area contributed by atoms with E-state index in [2.05, 4.69) is 32.2 Å². The van der Waals surface area contributed by atoms with Crippen LogP contribution in [0, 0.1) is 5.92 Å². The van der Waals surface area contributed by atoms with E-state index in [-0.39, 0.29) is 36.2 Å². The lowest BCUT2D eigenvalue weighted by Gasteiger charge is -2.35. The van der Waals surface area contributed by atoms with Gasteiger partial charge in [0, 0.05) is 18.2 Å². The van der Waals surface area contributed by atoms with E-state index in [1.54, 1.807) is 37.9 Å². The van der Waals surface area contributed by atoms with Crippen molar-refractivity contribution >= 4 is 29.8 Å². The minimum Gasteiger partial charge on any atom is -0.456 e. The molecular weight excluding hydrogens is 666 g/mol. The zero-order valence-corrected chi connectivity index (χ0v) is 30.0. The van der Waals surface area contributed by atoms with Gasteiger partial charge in [-0.1, -0.05) is 24.3 Å². The van der Waals surface area contributed by atoms with Crippen molar-refractivity contribution in [3.63, 3.8) is 0 Å². The zero-order valence-electron chi connectivity index (χ0n) is 30.0. The number of hydrogen-bond donors (Lipinski definition) is 2. The van der Waals surface area contributed by atoms with Crippen molar-refractivity contribution < 1.29 is 38.2 Å². The second kappa shape index (κ2) is 14.1. The molecule has 3 fully saturated rings. The number of ketones is 1. The monoisotopic (exact) mass is 711 g/mol. The quantitative estimate of drug-likeness (QED) is 0.178. The van der Waals surface area contributed by atoms with Crippen molar-refractivity contribution in [3.8, 4) is 22.4 Å². The summed E-state index contributed by atoms with van der Waals surface area (Å²) in [6.07, 6.45) is 6.20. The summed E-state index contributed by atoms with van der Waals surface area (Å²) in [5.41, 5.74) is 6.03. The Labute approximate surface area is 302 Å². The van der Waals surface area contributed by atoms with Crippen molar-refractivity contribution in [1.29, 1.82) is 0 Å². The Hall–Kier alpha value is -5.20. The number of likely N-dealkylation sites (tertiary alicyclic amines) is 2. The first-order valence-electron chi connectivity index (χ1n) is 18.0. The highest BCUT2D eigenvalue weighted by molar-refractivity contribution is 5.99. The molecule has 3 amide bonds. The molecule has 2 aromatic carbocycles. The van der Waals surface area contributed by atoms with Crippen molar-refractivity contribution in [2.24, 2.45) is 5.92 Å². The third-order valence-electron chi connectivity index (χ3n) is 10.6. The Morgan fingerprint density at radius 2 is 1.73 bits per heavy atom. The standard InChI is InChI=1S/C39H45N5O8/c1-39(2,3)52-38(49)44-27-12-9-26(18-27)34(44)36(47)51-21-32(45)25-11-14-29-23(17-25)8-7-22-16-24(10-13-28(22)29)30-19-40-35(42-30)31-6-5-15-43(31)33(46)20-41-37(48)50-4/h10-11,13-14,16-17,19,26-27,31,34H,5-9,12,15,18,20-21H2,1-4H3,(H,40,42)(H,41,48)/t26-,27+,31-,34-/m0/s1. The number of nitrogens with zero attached hydrogens (tertiary/aromatic N) is 3. The Kier molecular flexibility index (Phi) is 9.53. The molecule has 2 bridgehead atoms. The number of aromatic nitrogens is 2. The molecule has 1 saturated carbocycles. The predicted molar refractivity (Wildman–Crippen MR) is 189 cm³/mol. The number of alkyl carbamates (subject to hydrolysis) is 1. The van der Waals surface area contributed by atoms with Gasteiger partial charge in [0.25, 0.3) is 0 Å². The SMILES string of the molecule is COC(=O)NCC(=O)N1CCC[C@H]1c1ncc(-c2ccc3c(c2)CCc2cc(C(=O)COC(=O)[C@@H]4[C@H]5CC[C@H](C5)N4C(=O)OC(C)(C)C)ccc2-3)[nH]1. The first-order chi connectivity index (χ1) is 24.9. The van der Waals surface area contributed by atoms with Gasteiger partial charge in [0.1, 0.15) is 24.0 Å². The molecule has 13 heteroatoms. The van der Waals surface area contributed by atoms with E-state index in [0.29, 0.717) is 17.9 Å². The number of amides is 3.